The minimum Gasteiger partial charge on any atom is -0.497 e. The van der Waals surface area contributed by atoms with Gasteiger partial charge >= 0.3 is 24.6 Å². The number of hydrogen-bond donors (Lipinski definition) is 1. The molecule has 0 aliphatic heterocycles. The van der Waals surface area contributed by atoms with Gasteiger partial charge in [0.2, 0.25) is 0 Å². The number of carbonyl (C=O) groups excluding carboxylic acids is 1. The molecule has 0 aliphatic rings. The minimum atomic E-state index is -6.90. The molecule has 14 heteroatoms. The Morgan fingerprint density at radius 1 is 0.885 bits per heavy atom. The zero-order chi connectivity index (χ0) is 20.6. The van der Waals surface area contributed by atoms with E-state index in [2.05, 4.69) is 4.74 Å². The van der Waals surface area contributed by atoms with E-state index in [4.69, 9.17) is 0 Å². The van der Waals surface area contributed by atoms with E-state index in [1.54, 1.807) is 0 Å². The molecule has 148 valence electrons. The standard InChI is InChI=1S/C12H8F10N2O2/c1-26-7-4-2-6(3-5-7)23-8(25)9(13,10(14,15)16)24(11(17,18)19)12(20,21)22/h2-5H,1H3,(H,23,25)/t9-/m0/s1. The Morgan fingerprint density at radius 3 is 1.62 bits per heavy atom. The van der Waals surface area contributed by atoms with Gasteiger partial charge in [0.1, 0.15) is 5.75 Å². The third kappa shape index (κ3) is 4.28. The molecule has 1 aromatic rings. The monoisotopic (exact) mass is 402 g/mol. The molecule has 0 bridgehead atoms. The lowest BCUT2D eigenvalue weighted by Gasteiger charge is -2.38. The summed E-state index contributed by atoms with van der Waals surface area (Å²) in [6, 6.07) is 3.57. The van der Waals surface area contributed by atoms with Crippen LogP contribution >= 0.6 is 0 Å². The van der Waals surface area contributed by atoms with E-state index >= 15 is 0 Å². The number of rotatable bonds is 4. The minimum absolute atomic E-state index is 0.0949. The molecule has 1 amide bonds. The zero-order valence-corrected chi connectivity index (χ0v) is 12.4. The first kappa shape index (κ1) is 21.8. The lowest BCUT2D eigenvalue weighted by molar-refractivity contribution is -0.443. The number of nitrogens with one attached hydrogen (secondary N) is 1. The highest BCUT2D eigenvalue weighted by Gasteiger charge is 2.78. The lowest BCUT2D eigenvalue weighted by atomic mass is 10.1. The number of carbonyl (C=O) groups is 1. The highest BCUT2D eigenvalue weighted by molar-refractivity contribution is 5.97. The van der Waals surface area contributed by atoms with Crippen molar-refractivity contribution in [2.24, 2.45) is 0 Å². The second kappa shape index (κ2) is 6.81. The third-order valence-electron chi connectivity index (χ3n) is 2.84. The van der Waals surface area contributed by atoms with Gasteiger partial charge in [-0.2, -0.15) is 39.5 Å². The molecule has 0 aromatic heterocycles. The molecule has 0 saturated heterocycles. The van der Waals surface area contributed by atoms with Crippen molar-refractivity contribution < 1.29 is 53.4 Å². The van der Waals surface area contributed by atoms with Gasteiger partial charge in [-0.15, -0.1) is 0 Å². The van der Waals surface area contributed by atoms with Gasteiger partial charge in [0, 0.05) is 5.69 Å². The number of hydrogen-bond acceptors (Lipinski definition) is 3. The number of benzene rings is 1. The molecule has 1 aromatic carbocycles. The normalized spacial score (nSPS) is 15.5. The Balaban J connectivity index is 3.40. The van der Waals surface area contributed by atoms with Crippen LogP contribution in [0.5, 0.6) is 5.75 Å². The van der Waals surface area contributed by atoms with Crippen LogP contribution in [-0.2, 0) is 4.79 Å². The van der Waals surface area contributed by atoms with Gasteiger partial charge in [0.15, 0.2) is 0 Å². The van der Waals surface area contributed by atoms with E-state index in [-0.39, 0.29) is 5.75 Å². The smallest absolute Gasteiger partial charge is 0.470 e. The van der Waals surface area contributed by atoms with Gasteiger partial charge in [-0.3, -0.25) is 4.79 Å². The molecule has 0 aliphatic carbocycles. The second-order valence-electron chi connectivity index (χ2n) is 4.57. The summed E-state index contributed by atoms with van der Waals surface area (Å²) in [5.41, 5.74) is -0.702. The number of methoxy groups -OCH3 is 1. The molecule has 1 rings (SSSR count). The summed E-state index contributed by atoms with van der Waals surface area (Å²) in [6.45, 7) is 0. The van der Waals surface area contributed by atoms with Gasteiger partial charge < -0.3 is 10.1 Å². The van der Waals surface area contributed by atoms with Crippen LogP contribution in [0.25, 0.3) is 0 Å². The fraction of sp³-hybridized carbons (Fsp3) is 0.417. The predicted molar refractivity (Wildman–Crippen MR) is 65.5 cm³/mol. The van der Waals surface area contributed by atoms with Crippen molar-refractivity contribution in [3.05, 3.63) is 24.3 Å². The maximum Gasteiger partial charge on any atom is 0.470 e. The molecule has 0 fully saturated rings. The Bertz CT molecular complexity index is 623. The van der Waals surface area contributed by atoms with Crippen LogP contribution in [0.15, 0.2) is 24.3 Å². The van der Waals surface area contributed by atoms with Crippen LogP contribution in [-0.4, -0.2) is 42.5 Å². The SMILES string of the molecule is COc1ccc(NC(=O)[C@](F)(N(C(F)(F)F)C(F)(F)F)C(F)(F)F)cc1. The number of anilines is 1. The first-order valence-corrected chi connectivity index (χ1v) is 6.20. The largest absolute Gasteiger partial charge is 0.497 e. The lowest BCUT2D eigenvalue weighted by Crippen LogP contribution is -2.70. The molecule has 0 radical (unpaired) electrons. The number of alkyl halides is 10. The van der Waals surface area contributed by atoms with Gasteiger partial charge in [0.05, 0.1) is 7.11 Å². The van der Waals surface area contributed by atoms with Crippen molar-refractivity contribution >= 4 is 11.6 Å². The van der Waals surface area contributed by atoms with Crippen molar-refractivity contribution in [2.75, 3.05) is 12.4 Å². The van der Waals surface area contributed by atoms with Crippen LogP contribution in [0.1, 0.15) is 0 Å². The second-order valence-corrected chi connectivity index (χ2v) is 4.57. The quantitative estimate of drug-likeness (QED) is 0.607. The van der Waals surface area contributed by atoms with Crippen LogP contribution in [0, 0.1) is 0 Å². The van der Waals surface area contributed by atoms with Crippen LogP contribution in [0.3, 0.4) is 0 Å². The summed E-state index contributed by atoms with van der Waals surface area (Å²) < 4.78 is 132. The van der Waals surface area contributed by atoms with Gasteiger partial charge in [0.25, 0.3) is 5.91 Å². The topological polar surface area (TPSA) is 41.6 Å². The average molecular weight is 402 g/mol. The number of ether oxygens (including phenoxy) is 1. The Morgan fingerprint density at radius 2 is 1.31 bits per heavy atom. The molecule has 26 heavy (non-hydrogen) atoms. The van der Waals surface area contributed by atoms with E-state index < -0.39 is 41.1 Å². The molecule has 1 N–H and O–H groups in total. The molecular weight excluding hydrogens is 394 g/mol. The Hall–Kier alpha value is -2.25. The van der Waals surface area contributed by atoms with E-state index in [1.807, 2.05) is 0 Å². The third-order valence-corrected chi connectivity index (χ3v) is 2.84. The Kier molecular flexibility index (Phi) is 5.71. The molecular formula is C12H8F10N2O2. The first-order chi connectivity index (χ1) is 11.5. The van der Waals surface area contributed by atoms with Crippen molar-refractivity contribution in [3.8, 4) is 5.75 Å². The maximum absolute atomic E-state index is 14.1. The summed E-state index contributed by atoms with van der Waals surface area (Å²) in [7, 11) is 1.17. The van der Waals surface area contributed by atoms with Crippen molar-refractivity contribution in [3.63, 3.8) is 0 Å². The van der Waals surface area contributed by atoms with E-state index in [1.165, 1.54) is 7.11 Å². The van der Waals surface area contributed by atoms with Gasteiger partial charge in [-0.25, -0.2) is 4.39 Å². The number of halogens is 10. The summed E-state index contributed by atoms with van der Waals surface area (Å²) in [5, 5.41) is 1.03. The van der Waals surface area contributed by atoms with E-state index in [0.29, 0.717) is 0 Å². The molecule has 4 nitrogen and oxygen atoms in total. The van der Waals surface area contributed by atoms with Crippen LogP contribution in [0.2, 0.25) is 0 Å². The number of nitrogens with zero attached hydrogens (tertiary/aromatic N) is 1. The molecule has 0 heterocycles. The fourth-order valence-corrected chi connectivity index (χ4v) is 1.74. The molecule has 1 atom stereocenters. The predicted octanol–water partition coefficient (Wildman–Crippen LogP) is 4.20. The summed E-state index contributed by atoms with van der Waals surface area (Å²) in [4.78, 5) is 8.04. The summed E-state index contributed by atoms with van der Waals surface area (Å²) in [6.07, 6.45) is -20.7. The van der Waals surface area contributed by atoms with Crippen molar-refractivity contribution in [1.29, 1.82) is 0 Å². The zero-order valence-electron chi connectivity index (χ0n) is 12.4. The van der Waals surface area contributed by atoms with Crippen LogP contribution in [0.4, 0.5) is 49.6 Å². The van der Waals surface area contributed by atoms with E-state index in [9.17, 15) is 48.7 Å². The average Bonchev–Trinajstić information content (AvgIpc) is 2.43. The Labute approximate surface area is 138 Å². The highest BCUT2D eigenvalue weighted by atomic mass is 19.4. The molecule has 0 saturated carbocycles. The van der Waals surface area contributed by atoms with Crippen LogP contribution < -0.4 is 10.1 Å². The van der Waals surface area contributed by atoms with Gasteiger partial charge in [-0.05, 0) is 24.3 Å². The maximum atomic E-state index is 14.1. The van der Waals surface area contributed by atoms with Gasteiger partial charge in [-0.1, -0.05) is 4.90 Å². The summed E-state index contributed by atoms with van der Waals surface area (Å²) >= 11 is 0. The fourth-order valence-electron chi connectivity index (χ4n) is 1.74. The van der Waals surface area contributed by atoms with Crippen molar-refractivity contribution in [2.45, 2.75) is 24.6 Å². The summed E-state index contributed by atoms with van der Waals surface area (Å²) in [5.74, 6) is -9.61. The first-order valence-electron chi connectivity index (χ1n) is 6.20. The molecule has 0 unspecified atom stereocenters. The van der Waals surface area contributed by atoms with Crippen molar-refractivity contribution in [1.82, 2.24) is 4.90 Å². The number of amides is 1. The van der Waals surface area contributed by atoms with E-state index in [0.717, 1.165) is 29.6 Å². The highest BCUT2D eigenvalue weighted by Crippen LogP contribution is 2.48. The molecule has 0 spiro atoms.